The Kier molecular flexibility index (Phi) is 8.19. The van der Waals surface area contributed by atoms with E-state index in [9.17, 15) is 18.0 Å². The van der Waals surface area contributed by atoms with Crippen LogP contribution in [0.1, 0.15) is 43.8 Å². The van der Waals surface area contributed by atoms with E-state index in [2.05, 4.69) is 10.6 Å². The molecule has 0 saturated carbocycles. The van der Waals surface area contributed by atoms with Crippen LogP contribution < -0.4 is 10.6 Å². The standard InChI is InChI=1S/C21H29N3O5S/c1-5-24(6-2)30(27,28)17-11-9-16(10-12-17)14-22-21(26)19(15(3)4)23-20(25)18-8-7-13-29-18/h7-13,15,19H,5-6,14H2,1-4H3,(H,22,26)(H,23,25). The molecule has 30 heavy (non-hydrogen) atoms. The number of rotatable bonds is 10. The minimum Gasteiger partial charge on any atom is -0.459 e. The summed E-state index contributed by atoms with van der Waals surface area (Å²) in [5.41, 5.74) is 0.752. The molecule has 0 aliphatic heterocycles. The summed E-state index contributed by atoms with van der Waals surface area (Å²) < 4.78 is 31.5. The Morgan fingerprint density at radius 3 is 2.20 bits per heavy atom. The number of furan rings is 1. The van der Waals surface area contributed by atoms with Gasteiger partial charge in [-0.3, -0.25) is 9.59 Å². The van der Waals surface area contributed by atoms with E-state index in [4.69, 9.17) is 4.42 Å². The zero-order valence-electron chi connectivity index (χ0n) is 17.7. The van der Waals surface area contributed by atoms with Crippen molar-refractivity contribution < 1.29 is 22.4 Å². The monoisotopic (exact) mass is 435 g/mol. The second-order valence-corrected chi connectivity index (χ2v) is 9.06. The van der Waals surface area contributed by atoms with Gasteiger partial charge < -0.3 is 15.1 Å². The summed E-state index contributed by atoms with van der Waals surface area (Å²) in [4.78, 5) is 25.0. The molecule has 2 N–H and O–H groups in total. The van der Waals surface area contributed by atoms with E-state index in [0.717, 1.165) is 5.56 Å². The molecule has 0 radical (unpaired) electrons. The van der Waals surface area contributed by atoms with Crippen LogP contribution in [0.2, 0.25) is 0 Å². The Morgan fingerprint density at radius 2 is 1.70 bits per heavy atom. The number of amides is 2. The Balaban J connectivity index is 2.01. The summed E-state index contributed by atoms with van der Waals surface area (Å²) in [5.74, 6) is -0.784. The van der Waals surface area contributed by atoms with Crippen molar-refractivity contribution in [2.24, 2.45) is 5.92 Å². The minimum atomic E-state index is -3.52. The third kappa shape index (κ3) is 5.70. The van der Waals surface area contributed by atoms with E-state index in [1.165, 1.54) is 28.8 Å². The Morgan fingerprint density at radius 1 is 1.07 bits per heavy atom. The van der Waals surface area contributed by atoms with Gasteiger partial charge in [0, 0.05) is 19.6 Å². The second-order valence-electron chi connectivity index (χ2n) is 7.12. The highest BCUT2D eigenvalue weighted by atomic mass is 32.2. The third-order valence-corrected chi connectivity index (χ3v) is 6.78. The summed E-state index contributed by atoms with van der Waals surface area (Å²) in [6.07, 6.45) is 1.39. The first-order chi connectivity index (χ1) is 14.2. The molecule has 2 aromatic rings. The molecular weight excluding hydrogens is 406 g/mol. The van der Waals surface area contributed by atoms with Crippen LogP contribution >= 0.6 is 0 Å². The maximum atomic E-state index is 12.6. The van der Waals surface area contributed by atoms with Crippen LogP contribution in [0.25, 0.3) is 0 Å². The van der Waals surface area contributed by atoms with E-state index >= 15 is 0 Å². The largest absolute Gasteiger partial charge is 0.459 e. The SMILES string of the molecule is CCN(CC)S(=O)(=O)c1ccc(CNC(=O)C(NC(=O)c2ccco2)C(C)C)cc1. The van der Waals surface area contributed by atoms with Gasteiger partial charge in [-0.2, -0.15) is 4.31 Å². The van der Waals surface area contributed by atoms with Crippen molar-refractivity contribution in [1.29, 1.82) is 0 Å². The lowest BCUT2D eigenvalue weighted by molar-refractivity contribution is -0.124. The molecular formula is C21H29N3O5S. The molecule has 164 valence electrons. The van der Waals surface area contributed by atoms with E-state index < -0.39 is 22.0 Å². The van der Waals surface area contributed by atoms with Crippen molar-refractivity contribution in [1.82, 2.24) is 14.9 Å². The lowest BCUT2D eigenvalue weighted by atomic mass is 10.0. The molecule has 8 nitrogen and oxygen atoms in total. The number of hydrogen-bond donors (Lipinski definition) is 2. The van der Waals surface area contributed by atoms with E-state index in [0.29, 0.717) is 13.1 Å². The average molecular weight is 436 g/mol. The summed E-state index contributed by atoms with van der Waals surface area (Å²) >= 11 is 0. The maximum Gasteiger partial charge on any atom is 0.287 e. The highest BCUT2D eigenvalue weighted by molar-refractivity contribution is 7.89. The summed E-state index contributed by atoms with van der Waals surface area (Å²) in [6, 6.07) is 8.80. The van der Waals surface area contributed by atoms with Crippen molar-refractivity contribution in [2.75, 3.05) is 13.1 Å². The van der Waals surface area contributed by atoms with Crippen LogP contribution in [-0.2, 0) is 21.4 Å². The molecule has 0 saturated heterocycles. The van der Waals surface area contributed by atoms with Crippen LogP contribution in [0.5, 0.6) is 0 Å². The predicted molar refractivity (Wildman–Crippen MR) is 113 cm³/mol. The summed E-state index contributed by atoms with van der Waals surface area (Å²) in [6.45, 7) is 8.26. The highest BCUT2D eigenvalue weighted by Crippen LogP contribution is 2.16. The van der Waals surface area contributed by atoms with Gasteiger partial charge in [0.05, 0.1) is 11.2 Å². The first-order valence-corrected chi connectivity index (χ1v) is 11.4. The van der Waals surface area contributed by atoms with Gasteiger partial charge >= 0.3 is 0 Å². The van der Waals surface area contributed by atoms with Crippen molar-refractivity contribution >= 4 is 21.8 Å². The van der Waals surface area contributed by atoms with Crippen LogP contribution in [0.3, 0.4) is 0 Å². The molecule has 0 bridgehead atoms. The van der Waals surface area contributed by atoms with Crippen LogP contribution in [0.4, 0.5) is 0 Å². The summed E-state index contributed by atoms with van der Waals surface area (Å²) in [5, 5.41) is 5.47. The van der Waals surface area contributed by atoms with E-state index in [1.54, 1.807) is 32.0 Å². The zero-order chi connectivity index (χ0) is 22.3. The minimum absolute atomic E-state index is 0.134. The molecule has 2 rings (SSSR count). The number of carbonyl (C=O) groups is 2. The topological polar surface area (TPSA) is 109 Å². The Hall–Kier alpha value is -2.65. The van der Waals surface area contributed by atoms with Crippen LogP contribution in [-0.4, -0.2) is 43.7 Å². The first-order valence-electron chi connectivity index (χ1n) is 9.91. The quantitative estimate of drug-likeness (QED) is 0.596. The zero-order valence-corrected chi connectivity index (χ0v) is 18.5. The predicted octanol–water partition coefficient (Wildman–Crippen LogP) is 2.38. The molecule has 0 aliphatic rings. The normalized spacial score (nSPS) is 12.7. The van der Waals surface area contributed by atoms with Gasteiger partial charge in [-0.05, 0) is 35.7 Å². The molecule has 1 atom stereocenters. The number of benzene rings is 1. The van der Waals surface area contributed by atoms with Gasteiger partial charge in [-0.15, -0.1) is 0 Å². The van der Waals surface area contributed by atoms with Gasteiger partial charge in [0.1, 0.15) is 6.04 Å². The van der Waals surface area contributed by atoms with Crippen LogP contribution in [0, 0.1) is 5.92 Å². The van der Waals surface area contributed by atoms with Gasteiger partial charge in [-0.25, -0.2) is 8.42 Å². The fraction of sp³-hybridized carbons (Fsp3) is 0.429. The molecule has 0 aliphatic carbocycles. The van der Waals surface area contributed by atoms with Crippen molar-refractivity contribution in [3.8, 4) is 0 Å². The molecule has 1 heterocycles. The third-order valence-electron chi connectivity index (χ3n) is 4.71. The van der Waals surface area contributed by atoms with Gasteiger partial charge in [0.2, 0.25) is 15.9 Å². The fourth-order valence-electron chi connectivity index (χ4n) is 2.95. The van der Waals surface area contributed by atoms with Crippen molar-refractivity contribution in [3.05, 3.63) is 54.0 Å². The lowest BCUT2D eigenvalue weighted by Crippen LogP contribution is -2.49. The van der Waals surface area contributed by atoms with Gasteiger partial charge in [0.25, 0.3) is 5.91 Å². The highest BCUT2D eigenvalue weighted by Gasteiger charge is 2.25. The van der Waals surface area contributed by atoms with Gasteiger partial charge in [0.15, 0.2) is 5.76 Å². The Bertz CT molecular complexity index is 934. The summed E-state index contributed by atoms with van der Waals surface area (Å²) in [7, 11) is -3.52. The molecule has 1 aromatic carbocycles. The maximum absolute atomic E-state index is 12.6. The number of nitrogens with one attached hydrogen (secondary N) is 2. The smallest absolute Gasteiger partial charge is 0.287 e. The molecule has 1 unspecified atom stereocenters. The van der Waals surface area contributed by atoms with E-state index in [1.807, 2.05) is 13.8 Å². The Labute approximate surface area is 177 Å². The molecule has 1 aromatic heterocycles. The van der Waals surface area contributed by atoms with Crippen LogP contribution in [0.15, 0.2) is 52.0 Å². The van der Waals surface area contributed by atoms with Crippen molar-refractivity contribution in [3.63, 3.8) is 0 Å². The number of carbonyl (C=O) groups excluding carboxylic acids is 2. The number of hydrogen-bond acceptors (Lipinski definition) is 5. The molecule has 9 heteroatoms. The lowest BCUT2D eigenvalue weighted by Gasteiger charge is -2.21. The fourth-order valence-corrected chi connectivity index (χ4v) is 4.40. The number of nitrogens with zero attached hydrogens (tertiary/aromatic N) is 1. The first kappa shape index (κ1) is 23.6. The number of sulfonamides is 1. The van der Waals surface area contributed by atoms with Gasteiger partial charge in [-0.1, -0.05) is 39.8 Å². The molecule has 0 fully saturated rings. The van der Waals surface area contributed by atoms with E-state index in [-0.39, 0.29) is 29.0 Å². The molecule has 0 spiro atoms. The molecule has 2 amide bonds. The second kappa shape index (κ2) is 10.4. The average Bonchev–Trinajstić information content (AvgIpc) is 3.26. The van der Waals surface area contributed by atoms with Crippen molar-refractivity contribution in [2.45, 2.75) is 45.2 Å².